The van der Waals surface area contributed by atoms with Crippen LogP contribution >= 0.6 is 23.4 Å². The van der Waals surface area contributed by atoms with Crippen LogP contribution < -0.4 is 5.32 Å². The van der Waals surface area contributed by atoms with Crippen molar-refractivity contribution in [3.05, 3.63) is 59.6 Å². The van der Waals surface area contributed by atoms with Gasteiger partial charge in [0, 0.05) is 11.9 Å². The maximum Gasteiger partial charge on any atom is 0.234 e. The Hall–Kier alpha value is -2.42. The summed E-state index contributed by atoms with van der Waals surface area (Å²) in [6.07, 6.45) is 2.47. The molecule has 1 atom stereocenters. The Morgan fingerprint density at radius 3 is 2.62 bits per heavy atom. The molecule has 0 aliphatic heterocycles. The highest BCUT2D eigenvalue weighted by molar-refractivity contribution is 7.99. The standard InChI is InChI=1S/C20H23ClN6OS/c1-4-16(26(2)3)19-24-25-20(27(19)14-9-6-5-7-10-14)29-13-17(28)23-15-11-8-12-22-18(15)21/h5-12,16H,4,13H2,1-3H3,(H,23,28)/t16-/m0/s1. The molecule has 0 saturated heterocycles. The van der Waals surface area contributed by atoms with Crippen LogP contribution in [0.3, 0.4) is 0 Å². The van der Waals surface area contributed by atoms with Gasteiger partial charge in [0.2, 0.25) is 5.91 Å². The second-order valence-electron chi connectivity index (χ2n) is 6.58. The molecule has 0 bridgehead atoms. The zero-order chi connectivity index (χ0) is 20.8. The highest BCUT2D eigenvalue weighted by atomic mass is 35.5. The van der Waals surface area contributed by atoms with E-state index in [0.29, 0.717) is 10.8 Å². The van der Waals surface area contributed by atoms with Crippen LogP contribution in [0.15, 0.2) is 53.8 Å². The first-order valence-corrected chi connectivity index (χ1v) is 10.6. The third kappa shape index (κ3) is 5.14. The van der Waals surface area contributed by atoms with Gasteiger partial charge in [-0.2, -0.15) is 0 Å². The Morgan fingerprint density at radius 2 is 1.97 bits per heavy atom. The van der Waals surface area contributed by atoms with Gasteiger partial charge >= 0.3 is 0 Å². The van der Waals surface area contributed by atoms with E-state index in [1.807, 2.05) is 49.0 Å². The van der Waals surface area contributed by atoms with Gasteiger partial charge in [-0.3, -0.25) is 14.3 Å². The van der Waals surface area contributed by atoms with E-state index in [-0.39, 0.29) is 22.9 Å². The lowest BCUT2D eigenvalue weighted by Crippen LogP contribution is -2.23. The fraction of sp³-hybridized carbons (Fsp3) is 0.300. The van der Waals surface area contributed by atoms with Crippen molar-refractivity contribution in [1.29, 1.82) is 0 Å². The molecule has 1 N–H and O–H groups in total. The predicted octanol–water partition coefficient (Wildman–Crippen LogP) is 4.06. The minimum Gasteiger partial charge on any atom is -0.323 e. The van der Waals surface area contributed by atoms with Gasteiger partial charge in [-0.25, -0.2) is 4.98 Å². The van der Waals surface area contributed by atoms with Crippen molar-refractivity contribution in [2.24, 2.45) is 0 Å². The number of hydrogen-bond donors (Lipinski definition) is 1. The summed E-state index contributed by atoms with van der Waals surface area (Å²) in [5, 5.41) is 12.5. The van der Waals surface area contributed by atoms with Crippen LogP contribution in [-0.2, 0) is 4.79 Å². The third-order valence-electron chi connectivity index (χ3n) is 4.35. The molecule has 3 aromatic rings. The number of pyridine rings is 1. The fourth-order valence-corrected chi connectivity index (χ4v) is 3.91. The topological polar surface area (TPSA) is 75.9 Å². The van der Waals surface area contributed by atoms with Gasteiger partial charge < -0.3 is 5.32 Å². The number of carbonyl (C=O) groups excluding carboxylic acids is 1. The molecule has 1 aromatic carbocycles. The number of hydrogen-bond acceptors (Lipinski definition) is 6. The summed E-state index contributed by atoms with van der Waals surface area (Å²) >= 11 is 7.34. The molecule has 152 valence electrons. The number of carbonyl (C=O) groups is 1. The lowest BCUT2D eigenvalue weighted by Gasteiger charge is -2.23. The van der Waals surface area contributed by atoms with Gasteiger partial charge in [0.1, 0.15) is 0 Å². The second kappa shape index (κ2) is 9.87. The fourth-order valence-electron chi connectivity index (χ4n) is 2.98. The van der Waals surface area contributed by atoms with Crippen molar-refractivity contribution < 1.29 is 4.79 Å². The lowest BCUT2D eigenvalue weighted by molar-refractivity contribution is -0.113. The van der Waals surface area contributed by atoms with Crippen molar-refractivity contribution in [1.82, 2.24) is 24.6 Å². The zero-order valence-electron chi connectivity index (χ0n) is 16.5. The number of aromatic nitrogens is 4. The average molecular weight is 431 g/mol. The van der Waals surface area contributed by atoms with Gasteiger partial charge in [0.05, 0.1) is 17.5 Å². The van der Waals surface area contributed by atoms with Crippen LogP contribution in [0.4, 0.5) is 5.69 Å². The molecular formula is C20H23ClN6OS. The summed E-state index contributed by atoms with van der Waals surface area (Å²) in [6, 6.07) is 13.5. The Kier molecular flexibility index (Phi) is 7.24. The van der Waals surface area contributed by atoms with Crippen LogP contribution in [-0.4, -0.2) is 50.4 Å². The second-order valence-corrected chi connectivity index (χ2v) is 7.88. The molecule has 9 heteroatoms. The number of nitrogens with zero attached hydrogens (tertiary/aromatic N) is 5. The summed E-state index contributed by atoms with van der Waals surface area (Å²) in [5.41, 5.74) is 1.45. The lowest BCUT2D eigenvalue weighted by atomic mass is 10.2. The van der Waals surface area contributed by atoms with Gasteiger partial charge in [0.25, 0.3) is 0 Å². The number of amides is 1. The highest BCUT2D eigenvalue weighted by Crippen LogP contribution is 2.28. The quantitative estimate of drug-likeness (QED) is 0.429. The summed E-state index contributed by atoms with van der Waals surface area (Å²) in [4.78, 5) is 18.5. The van der Waals surface area contributed by atoms with Crippen molar-refractivity contribution in [3.8, 4) is 5.69 Å². The van der Waals surface area contributed by atoms with E-state index in [0.717, 1.165) is 17.9 Å². The van der Waals surface area contributed by atoms with Crippen molar-refractivity contribution in [2.75, 3.05) is 25.2 Å². The van der Waals surface area contributed by atoms with E-state index in [1.54, 1.807) is 18.3 Å². The molecule has 0 spiro atoms. The molecule has 1 amide bonds. The Bertz CT molecular complexity index is 963. The number of anilines is 1. The summed E-state index contributed by atoms with van der Waals surface area (Å²) in [6.45, 7) is 2.12. The molecule has 7 nitrogen and oxygen atoms in total. The van der Waals surface area contributed by atoms with Gasteiger partial charge in [0.15, 0.2) is 16.1 Å². The van der Waals surface area contributed by atoms with E-state index >= 15 is 0 Å². The maximum absolute atomic E-state index is 12.4. The van der Waals surface area contributed by atoms with E-state index in [2.05, 4.69) is 32.3 Å². The molecule has 2 aromatic heterocycles. The smallest absolute Gasteiger partial charge is 0.234 e. The molecular weight excluding hydrogens is 408 g/mol. The van der Waals surface area contributed by atoms with Gasteiger partial charge in [-0.05, 0) is 44.8 Å². The predicted molar refractivity (Wildman–Crippen MR) is 117 cm³/mol. The van der Waals surface area contributed by atoms with Crippen LogP contribution in [0.5, 0.6) is 0 Å². The zero-order valence-corrected chi connectivity index (χ0v) is 18.1. The van der Waals surface area contributed by atoms with Crippen LogP contribution in [0.1, 0.15) is 25.2 Å². The van der Waals surface area contributed by atoms with E-state index in [4.69, 9.17) is 11.6 Å². The molecule has 0 unspecified atom stereocenters. The molecule has 0 radical (unpaired) electrons. The van der Waals surface area contributed by atoms with Crippen LogP contribution in [0.25, 0.3) is 5.69 Å². The Labute approximate surface area is 179 Å². The number of thioether (sulfide) groups is 1. The van der Waals surface area contributed by atoms with Crippen molar-refractivity contribution in [2.45, 2.75) is 24.5 Å². The van der Waals surface area contributed by atoms with Crippen LogP contribution in [0, 0.1) is 0 Å². The maximum atomic E-state index is 12.4. The molecule has 0 saturated carbocycles. The Morgan fingerprint density at radius 1 is 1.21 bits per heavy atom. The summed E-state index contributed by atoms with van der Waals surface area (Å²) in [7, 11) is 4.05. The van der Waals surface area contributed by atoms with E-state index in [1.165, 1.54) is 11.8 Å². The Balaban J connectivity index is 1.83. The average Bonchev–Trinajstić information content (AvgIpc) is 3.12. The van der Waals surface area contributed by atoms with E-state index in [9.17, 15) is 4.79 Å². The summed E-state index contributed by atoms with van der Waals surface area (Å²) < 4.78 is 2.02. The first-order valence-electron chi connectivity index (χ1n) is 9.21. The third-order valence-corrected chi connectivity index (χ3v) is 5.58. The molecule has 0 aliphatic carbocycles. The van der Waals surface area contributed by atoms with Crippen LogP contribution in [0.2, 0.25) is 5.15 Å². The molecule has 0 fully saturated rings. The minimum absolute atomic E-state index is 0.111. The normalized spacial score (nSPS) is 12.2. The highest BCUT2D eigenvalue weighted by Gasteiger charge is 2.23. The minimum atomic E-state index is -0.186. The van der Waals surface area contributed by atoms with Gasteiger partial charge in [-0.15, -0.1) is 10.2 Å². The monoisotopic (exact) mass is 430 g/mol. The number of halogens is 1. The largest absolute Gasteiger partial charge is 0.323 e. The first-order chi connectivity index (χ1) is 14.0. The molecule has 0 aliphatic rings. The summed E-state index contributed by atoms with van der Waals surface area (Å²) in [5.74, 6) is 0.838. The number of benzene rings is 1. The number of rotatable bonds is 8. The van der Waals surface area contributed by atoms with Crippen molar-refractivity contribution >= 4 is 35.0 Å². The SMILES string of the molecule is CC[C@@H](c1nnc(SCC(=O)Nc2cccnc2Cl)n1-c1ccccc1)N(C)C. The van der Waals surface area contributed by atoms with Crippen molar-refractivity contribution in [3.63, 3.8) is 0 Å². The molecule has 3 rings (SSSR count). The molecule has 29 heavy (non-hydrogen) atoms. The van der Waals surface area contributed by atoms with Gasteiger partial charge in [-0.1, -0.05) is 48.5 Å². The number of nitrogens with one attached hydrogen (secondary N) is 1. The molecule has 2 heterocycles. The van der Waals surface area contributed by atoms with E-state index < -0.39 is 0 Å². The first kappa shape index (κ1) is 21.3. The number of para-hydroxylation sites is 1.